The summed E-state index contributed by atoms with van der Waals surface area (Å²) in [4.78, 5) is 12.5. The van der Waals surface area contributed by atoms with Crippen LogP contribution in [0.5, 0.6) is 0 Å². The quantitative estimate of drug-likeness (QED) is 0.627. The Hall–Kier alpha value is -2.65. The summed E-state index contributed by atoms with van der Waals surface area (Å²) in [6.45, 7) is 1.03. The maximum Gasteiger partial charge on any atom is 0.227 e. The Morgan fingerprint density at radius 1 is 1.18 bits per heavy atom. The van der Waals surface area contributed by atoms with Crippen molar-refractivity contribution >= 4 is 10.0 Å². The first-order valence-electron chi connectivity index (χ1n) is 9.21. The van der Waals surface area contributed by atoms with Crippen LogP contribution in [-0.2, 0) is 22.2 Å². The van der Waals surface area contributed by atoms with Crippen LogP contribution >= 0.6 is 0 Å². The van der Waals surface area contributed by atoms with Crippen LogP contribution in [0.2, 0.25) is 0 Å². The molecule has 0 amide bonds. The van der Waals surface area contributed by atoms with Crippen molar-refractivity contribution in [2.24, 2.45) is 5.92 Å². The number of rotatable bonds is 6. The average molecular weight is 399 g/mol. The van der Waals surface area contributed by atoms with Gasteiger partial charge in [0.15, 0.2) is 0 Å². The maximum absolute atomic E-state index is 12.8. The minimum absolute atomic E-state index is 0.0257. The molecular formula is C19H21N5O3S. The van der Waals surface area contributed by atoms with Crippen molar-refractivity contribution in [1.82, 2.24) is 24.4 Å². The molecule has 0 spiro atoms. The predicted octanol–water partition coefficient (Wildman–Crippen LogP) is 2.31. The summed E-state index contributed by atoms with van der Waals surface area (Å²) in [5.41, 5.74) is 1.35. The van der Waals surface area contributed by atoms with E-state index in [1.807, 2.05) is 30.3 Å². The molecule has 1 fully saturated rings. The summed E-state index contributed by atoms with van der Waals surface area (Å²) >= 11 is 0. The van der Waals surface area contributed by atoms with Gasteiger partial charge in [0.2, 0.25) is 21.7 Å². The van der Waals surface area contributed by atoms with E-state index in [0.717, 1.165) is 18.4 Å². The van der Waals surface area contributed by atoms with Gasteiger partial charge in [-0.25, -0.2) is 17.7 Å². The molecule has 8 nitrogen and oxygen atoms in total. The number of piperidine rings is 1. The number of hydrogen-bond donors (Lipinski definition) is 0. The average Bonchev–Trinajstić information content (AvgIpc) is 3.18. The molecule has 1 aliphatic rings. The predicted molar refractivity (Wildman–Crippen MR) is 102 cm³/mol. The van der Waals surface area contributed by atoms with E-state index in [9.17, 15) is 8.42 Å². The first-order chi connectivity index (χ1) is 13.6. The molecule has 146 valence electrons. The van der Waals surface area contributed by atoms with E-state index in [-0.39, 0.29) is 11.7 Å². The number of nitrogens with zero attached hydrogens (tertiary/aromatic N) is 5. The first kappa shape index (κ1) is 18.7. The summed E-state index contributed by atoms with van der Waals surface area (Å²) in [5.74, 6) is 1.06. The molecule has 28 heavy (non-hydrogen) atoms. The Balaban J connectivity index is 1.41. The van der Waals surface area contributed by atoms with Crippen LogP contribution in [0.25, 0.3) is 11.5 Å². The van der Waals surface area contributed by atoms with Crippen molar-refractivity contribution in [1.29, 1.82) is 0 Å². The zero-order valence-corrected chi connectivity index (χ0v) is 16.1. The molecule has 0 unspecified atom stereocenters. The topological polar surface area (TPSA) is 102 Å². The van der Waals surface area contributed by atoms with Crippen LogP contribution in [0.3, 0.4) is 0 Å². The van der Waals surface area contributed by atoms with E-state index < -0.39 is 10.0 Å². The lowest BCUT2D eigenvalue weighted by Gasteiger charge is -2.31. The Kier molecular flexibility index (Phi) is 5.45. The minimum Gasteiger partial charge on any atom is -0.339 e. The summed E-state index contributed by atoms with van der Waals surface area (Å²) < 4.78 is 32.5. The highest BCUT2D eigenvalue weighted by atomic mass is 32.2. The molecule has 2 aromatic heterocycles. The van der Waals surface area contributed by atoms with Crippen LogP contribution < -0.4 is 0 Å². The van der Waals surface area contributed by atoms with Gasteiger partial charge in [-0.3, -0.25) is 4.98 Å². The van der Waals surface area contributed by atoms with E-state index in [2.05, 4.69) is 20.1 Å². The van der Waals surface area contributed by atoms with E-state index >= 15 is 0 Å². The second-order valence-electron chi connectivity index (χ2n) is 6.91. The fourth-order valence-electron chi connectivity index (χ4n) is 3.43. The highest BCUT2D eigenvalue weighted by Crippen LogP contribution is 2.24. The Morgan fingerprint density at radius 3 is 2.82 bits per heavy atom. The molecule has 0 N–H and O–H groups in total. The molecule has 1 aliphatic heterocycles. The van der Waals surface area contributed by atoms with Gasteiger partial charge in [0.1, 0.15) is 5.69 Å². The van der Waals surface area contributed by atoms with Gasteiger partial charge < -0.3 is 4.52 Å². The highest BCUT2D eigenvalue weighted by Gasteiger charge is 2.30. The van der Waals surface area contributed by atoms with Crippen molar-refractivity contribution in [3.8, 4) is 11.5 Å². The number of benzene rings is 1. The van der Waals surface area contributed by atoms with Crippen LogP contribution in [0.1, 0.15) is 24.3 Å². The molecule has 0 aliphatic carbocycles. The monoisotopic (exact) mass is 399 g/mol. The minimum atomic E-state index is -3.35. The number of hydrogen-bond acceptors (Lipinski definition) is 7. The zero-order valence-electron chi connectivity index (χ0n) is 15.3. The van der Waals surface area contributed by atoms with Gasteiger partial charge in [-0.1, -0.05) is 35.5 Å². The van der Waals surface area contributed by atoms with Crippen LogP contribution in [0, 0.1) is 5.92 Å². The van der Waals surface area contributed by atoms with Crippen molar-refractivity contribution < 1.29 is 12.9 Å². The van der Waals surface area contributed by atoms with Gasteiger partial charge in [-0.15, -0.1) is 0 Å². The van der Waals surface area contributed by atoms with Crippen molar-refractivity contribution in [3.63, 3.8) is 0 Å². The standard InChI is InChI=1S/C19H21N5O3S/c25-28(26,14-15-5-2-1-3-6-15)24-10-4-7-16(13-24)11-18-22-19(23-27-18)17-12-20-8-9-21-17/h1-3,5-6,8-9,12,16H,4,7,10-11,13-14H2/t16-/m0/s1. The third-order valence-electron chi connectivity index (χ3n) is 4.79. The third kappa shape index (κ3) is 4.42. The van der Waals surface area contributed by atoms with Gasteiger partial charge in [-0.2, -0.15) is 4.98 Å². The largest absolute Gasteiger partial charge is 0.339 e. The van der Waals surface area contributed by atoms with Gasteiger partial charge in [0, 0.05) is 31.9 Å². The molecule has 1 atom stereocenters. The summed E-state index contributed by atoms with van der Waals surface area (Å²) in [6.07, 6.45) is 7.03. The molecular weight excluding hydrogens is 378 g/mol. The van der Waals surface area contributed by atoms with Gasteiger partial charge in [0.25, 0.3) is 0 Å². The summed E-state index contributed by atoms with van der Waals surface area (Å²) in [5, 5.41) is 3.96. The molecule has 0 saturated carbocycles. The fourth-order valence-corrected chi connectivity index (χ4v) is 5.07. The SMILES string of the molecule is O=S(=O)(Cc1ccccc1)N1CCC[C@@H](Cc2nc(-c3cnccn3)no2)C1. The lowest BCUT2D eigenvalue weighted by Crippen LogP contribution is -2.41. The van der Waals surface area contributed by atoms with Crippen LogP contribution in [-0.4, -0.2) is 45.9 Å². The second-order valence-corrected chi connectivity index (χ2v) is 8.88. The maximum atomic E-state index is 12.8. The van der Waals surface area contributed by atoms with Gasteiger partial charge >= 0.3 is 0 Å². The summed E-state index contributed by atoms with van der Waals surface area (Å²) in [6, 6.07) is 9.27. The van der Waals surface area contributed by atoms with Crippen molar-refractivity contribution in [3.05, 3.63) is 60.4 Å². The molecule has 9 heteroatoms. The lowest BCUT2D eigenvalue weighted by molar-refractivity contribution is 0.247. The molecule has 0 radical (unpaired) electrons. The van der Waals surface area contributed by atoms with Crippen LogP contribution in [0.15, 0.2) is 53.4 Å². The number of sulfonamides is 1. The van der Waals surface area contributed by atoms with Crippen LogP contribution in [0.4, 0.5) is 0 Å². The molecule has 0 bridgehead atoms. The number of aromatic nitrogens is 4. The fraction of sp³-hybridized carbons (Fsp3) is 0.368. The lowest BCUT2D eigenvalue weighted by atomic mass is 9.96. The van der Waals surface area contributed by atoms with Gasteiger partial charge in [-0.05, 0) is 24.3 Å². The van der Waals surface area contributed by atoms with E-state index in [4.69, 9.17) is 4.52 Å². The Morgan fingerprint density at radius 2 is 2.04 bits per heavy atom. The molecule has 3 aromatic rings. The zero-order chi connectivity index (χ0) is 19.4. The molecule has 4 rings (SSSR count). The van der Waals surface area contributed by atoms with Crippen molar-refractivity contribution in [2.45, 2.75) is 25.0 Å². The molecule has 1 aromatic carbocycles. The van der Waals surface area contributed by atoms with E-state index in [0.29, 0.717) is 36.9 Å². The Labute approximate surface area is 163 Å². The third-order valence-corrected chi connectivity index (χ3v) is 6.61. The highest BCUT2D eigenvalue weighted by molar-refractivity contribution is 7.88. The first-order valence-corrected chi connectivity index (χ1v) is 10.8. The molecule has 1 saturated heterocycles. The second kappa shape index (κ2) is 8.15. The molecule has 3 heterocycles. The van der Waals surface area contributed by atoms with E-state index in [1.54, 1.807) is 22.9 Å². The van der Waals surface area contributed by atoms with Gasteiger partial charge in [0.05, 0.1) is 11.9 Å². The van der Waals surface area contributed by atoms with E-state index in [1.165, 1.54) is 0 Å². The smallest absolute Gasteiger partial charge is 0.227 e. The Bertz CT molecular complexity index is 1010. The van der Waals surface area contributed by atoms with Crippen molar-refractivity contribution in [2.75, 3.05) is 13.1 Å². The summed E-state index contributed by atoms with van der Waals surface area (Å²) in [7, 11) is -3.35. The normalized spacial score (nSPS) is 18.2.